The lowest BCUT2D eigenvalue weighted by Crippen LogP contribution is -2.39. The highest BCUT2D eigenvalue weighted by atomic mass is 16.5. The molecule has 4 heteroatoms. The Labute approximate surface area is 109 Å². The molecule has 0 bridgehead atoms. The van der Waals surface area contributed by atoms with E-state index in [1.807, 2.05) is 24.7 Å². The van der Waals surface area contributed by atoms with Gasteiger partial charge in [-0.1, -0.05) is 25.7 Å². The molecule has 18 heavy (non-hydrogen) atoms. The largest absolute Gasteiger partial charge is 0.384 e. The van der Waals surface area contributed by atoms with Crippen LogP contribution in [0.25, 0.3) is 0 Å². The first-order valence-electron chi connectivity index (χ1n) is 6.98. The van der Waals surface area contributed by atoms with Gasteiger partial charge in [-0.05, 0) is 19.8 Å². The Morgan fingerprint density at radius 1 is 1.39 bits per heavy atom. The number of aliphatic hydroxyl groups excluding tert-OH is 1. The molecule has 102 valence electrons. The zero-order chi connectivity index (χ0) is 13.0. The molecule has 4 nitrogen and oxygen atoms in total. The molecule has 1 saturated carbocycles. The van der Waals surface area contributed by atoms with Gasteiger partial charge < -0.3 is 14.4 Å². The molecule has 1 aromatic heterocycles. The van der Waals surface area contributed by atoms with Crippen LogP contribution >= 0.6 is 0 Å². The predicted molar refractivity (Wildman–Crippen MR) is 70.2 cm³/mol. The summed E-state index contributed by atoms with van der Waals surface area (Å²) in [6.45, 7) is 2.64. The molecule has 1 aliphatic rings. The van der Waals surface area contributed by atoms with Crippen LogP contribution in [-0.2, 0) is 11.8 Å². The van der Waals surface area contributed by atoms with Crippen molar-refractivity contribution in [3.05, 3.63) is 18.2 Å². The second kappa shape index (κ2) is 5.85. The van der Waals surface area contributed by atoms with E-state index in [9.17, 15) is 5.11 Å². The minimum absolute atomic E-state index is 0.431. The molecule has 2 rings (SSSR count). The molecule has 1 aliphatic carbocycles. The van der Waals surface area contributed by atoms with Crippen LogP contribution in [0, 0.1) is 0 Å². The smallest absolute Gasteiger partial charge is 0.126 e. The zero-order valence-electron chi connectivity index (χ0n) is 11.4. The number of hydrogen-bond acceptors (Lipinski definition) is 3. The summed E-state index contributed by atoms with van der Waals surface area (Å²) in [6.07, 6.45) is 9.60. The maximum Gasteiger partial charge on any atom is 0.126 e. The van der Waals surface area contributed by atoms with Crippen molar-refractivity contribution >= 4 is 0 Å². The fourth-order valence-corrected chi connectivity index (χ4v) is 2.95. The summed E-state index contributed by atoms with van der Waals surface area (Å²) >= 11 is 0. The summed E-state index contributed by atoms with van der Waals surface area (Å²) in [5.41, 5.74) is 0.299. The first-order chi connectivity index (χ1) is 8.68. The van der Waals surface area contributed by atoms with Crippen LogP contribution in [0.4, 0.5) is 0 Å². The summed E-state index contributed by atoms with van der Waals surface area (Å²) in [5, 5.41) is 10.7. The van der Waals surface area contributed by atoms with Crippen molar-refractivity contribution in [3.63, 3.8) is 0 Å². The SMILES string of the molecule is CCOC1(C(O)c2cn(C)cn2)CCCCCC1. The van der Waals surface area contributed by atoms with Crippen molar-refractivity contribution in [1.82, 2.24) is 9.55 Å². The molecule has 1 heterocycles. The van der Waals surface area contributed by atoms with Gasteiger partial charge in [-0.15, -0.1) is 0 Å². The highest BCUT2D eigenvalue weighted by Crippen LogP contribution is 2.40. The minimum atomic E-state index is -0.614. The average Bonchev–Trinajstić information content (AvgIpc) is 2.64. The molecule has 1 unspecified atom stereocenters. The van der Waals surface area contributed by atoms with E-state index in [2.05, 4.69) is 4.98 Å². The van der Waals surface area contributed by atoms with Gasteiger partial charge in [0.25, 0.3) is 0 Å². The van der Waals surface area contributed by atoms with E-state index < -0.39 is 11.7 Å². The molecule has 1 fully saturated rings. The fraction of sp³-hybridized carbons (Fsp3) is 0.786. The van der Waals surface area contributed by atoms with Crippen molar-refractivity contribution in [2.45, 2.75) is 57.2 Å². The molecule has 0 spiro atoms. The molecule has 0 aliphatic heterocycles. The summed E-state index contributed by atoms with van der Waals surface area (Å²) in [5.74, 6) is 0. The number of aryl methyl sites for hydroxylation is 1. The quantitative estimate of drug-likeness (QED) is 0.838. The van der Waals surface area contributed by atoms with Gasteiger partial charge in [-0.25, -0.2) is 4.98 Å². The number of nitrogens with zero attached hydrogens (tertiary/aromatic N) is 2. The Morgan fingerprint density at radius 3 is 2.56 bits per heavy atom. The fourth-order valence-electron chi connectivity index (χ4n) is 2.95. The van der Waals surface area contributed by atoms with Gasteiger partial charge in [-0.3, -0.25) is 0 Å². The van der Waals surface area contributed by atoms with Gasteiger partial charge in [0.1, 0.15) is 6.10 Å². The molecular weight excluding hydrogens is 228 g/mol. The van der Waals surface area contributed by atoms with Crippen LogP contribution < -0.4 is 0 Å². The summed E-state index contributed by atoms with van der Waals surface area (Å²) in [7, 11) is 1.92. The number of imidazole rings is 1. The highest BCUT2D eigenvalue weighted by Gasteiger charge is 2.40. The third-order valence-electron chi connectivity index (χ3n) is 3.89. The summed E-state index contributed by atoms with van der Waals surface area (Å²) < 4.78 is 7.85. The monoisotopic (exact) mass is 252 g/mol. The zero-order valence-corrected chi connectivity index (χ0v) is 11.4. The van der Waals surface area contributed by atoms with E-state index in [4.69, 9.17) is 4.74 Å². The molecule has 1 aromatic rings. The van der Waals surface area contributed by atoms with E-state index in [0.717, 1.165) is 31.4 Å². The van der Waals surface area contributed by atoms with Crippen LogP contribution in [0.1, 0.15) is 57.2 Å². The Bertz CT molecular complexity index is 368. The first kappa shape index (κ1) is 13.6. The second-order valence-corrected chi connectivity index (χ2v) is 5.28. The number of aliphatic hydroxyl groups is 1. The highest BCUT2D eigenvalue weighted by molar-refractivity contribution is 5.08. The lowest BCUT2D eigenvalue weighted by atomic mass is 9.86. The van der Waals surface area contributed by atoms with Gasteiger partial charge in [0.2, 0.25) is 0 Å². The van der Waals surface area contributed by atoms with Crippen LogP contribution in [0.15, 0.2) is 12.5 Å². The van der Waals surface area contributed by atoms with Crippen LogP contribution in [0.2, 0.25) is 0 Å². The Hall–Kier alpha value is -0.870. The lowest BCUT2D eigenvalue weighted by Gasteiger charge is -2.36. The first-order valence-corrected chi connectivity index (χ1v) is 6.98. The third kappa shape index (κ3) is 2.75. The van der Waals surface area contributed by atoms with Crippen LogP contribution in [-0.4, -0.2) is 26.9 Å². The van der Waals surface area contributed by atoms with Crippen molar-refractivity contribution in [3.8, 4) is 0 Å². The minimum Gasteiger partial charge on any atom is -0.384 e. The Morgan fingerprint density at radius 2 is 2.06 bits per heavy atom. The van der Waals surface area contributed by atoms with Crippen LogP contribution in [0.3, 0.4) is 0 Å². The van der Waals surface area contributed by atoms with E-state index in [1.54, 1.807) is 6.33 Å². The van der Waals surface area contributed by atoms with Gasteiger partial charge in [0.05, 0.1) is 17.6 Å². The summed E-state index contributed by atoms with van der Waals surface area (Å²) in [6, 6.07) is 0. The number of ether oxygens (including phenoxy) is 1. The van der Waals surface area contributed by atoms with E-state index in [1.165, 1.54) is 12.8 Å². The number of hydrogen-bond donors (Lipinski definition) is 1. The normalized spacial score (nSPS) is 21.5. The Kier molecular flexibility index (Phi) is 4.40. The molecule has 1 N–H and O–H groups in total. The van der Waals surface area contributed by atoms with E-state index in [0.29, 0.717) is 6.61 Å². The lowest BCUT2D eigenvalue weighted by molar-refractivity contribution is -0.132. The topological polar surface area (TPSA) is 47.3 Å². The Balaban J connectivity index is 2.22. The summed E-state index contributed by atoms with van der Waals surface area (Å²) in [4.78, 5) is 4.28. The van der Waals surface area contributed by atoms with Crippen molar-refractivity contribution in [1.29, 1.82) is 0 Å². The van der Waals surface area contributed by atoms with Crippen molar-refractivity contribution in [2.24, 2.45) is 7.05 Å². The van der Waals surface area contributed by atoms with Gasteiger partial charge >= 0.3 is 0 Å². The van der Waals surface area contributed by atoms with Crippen molar-refractivity contribution < 1.29 is 9.84 Å². The maximum absolute atomic E-state index is 10.7. The number of rotatable bonds is 4. The molecule has 0 amide bonds. The van der Waals surface area contributed by atoms with Gasteiger partial charge in [0, 0.05) is 19.9 Å². The molecule has 0 saturated heterocycles. The predicted octanol–water partition coefficient (Wildman–Crippen LogP) is 2.58. The maximum atomic E-state index is 10.7. The molecule has 0 radical (unpaired) electrons. The average molecular weight is 252 g/mol. The number of aromatic nitrogens is 2. The molecular formula is C14H24N2O2. The standard InChI is InChI=1S/C14H24N2O2/c1-3-18-14(8-6-4-5-7-9-14)13(17)12-10-16(2)11-15-12/h10-11,13,17H,3-9H2,1-2H3. The van der Waals surface area contributed by atoms with E-state index in [-0.39, 0.29) is 0 Å². The third-order valence-corrected chi connectivity index (χ3v) is 3.89. The van der Waals surface area contributed by atoms with Crippen LogP contribution in [0.5, 0.6) is 0 Å². The van der Waals surface area contributed by atoms with E-state index >= 15 is 0 Å². The molecule has 0 aromatic carbocycles. The second-order valence-electron chi connectivity index (χ2n) is 5.28. The van der Waals surface area contributed by atoms with Crippen molar-refractivity contribution in [2.75, 3.05) is 6.61 Å². The van der Waals surface area contributed by atoms with Gasteiger partial charge in [-0.2, -0.15) is 0 Å². The van der Waals surface area contributed by atoms with Gasteiger partial charge in [0.15, 0.2) is 0 Å². The molecule has 1 atom stereocenters.